The van der Waals surface area contributed by atoms with Gasteiger partial charge in [-0.05, 0) is 37.5 Å². The number of carbonyl (C=O) groups is 4. The Morgan fingerprint density at radius 3 is 0.809 bits per heavy atom. The van der Waals surface area contributed by atoms with Crippen molar-refractivity contribution >= 4 is 39.5 Å². The zero-order chi connectivity index (χ0) is 69.3. The minimum atomic E-state index is -4.96. The lowest BCUT2D eigenvalue weighted by Gasteiger charge is -2.21. The van der Waals surface area contributed by atoms with Crippen LogP contribution in [0.15, 0.2) is 0 Å². The molecule has 0 rings (SSSR count). The molecule has 19 heteroatoms. The number of esters is 4. The first-order valence-electron chi connectivity index (χ1n) is 39.0. The molecule has 0 saturated heterocycles. The number of carbonyl (C=O) groups excluding carboxylic acids is 4. The summed E-state index contributed by atoms with van der Waals surface area (Å²) in [6.45, 7) is 9.59. The van der Waals surface area contributed by atoms with Gasteiger partial charge in [0.25, 0.3) is 0 Å². The lowest BCUT2D eigenvalue weighted by molar-refractivity contribution is -0.161. The standard InChI is InChI=1S/C75H146O17P2/c1-7-10-12-14-16-18-20-21-22-26-30-33-39-45-51-57-72(77)85-63-70(91-75(80)60-54-48-41-35-31-27-24-23-25-29-32-38-44-50-56-68(6)9-3)65-89-93(81,82)87-61-69(76)62-88-94(83,84)90-66-71(64-86-73(78)58-52-46-42-36-37-43-49-55-67(4)5)92-74(79)59-53-47-40-34-28-19-17-15-13-11-8-2/h67-71,76H,7-66H2,1-6H3,(H,81,82)(H,83,84)/t68?,69-,70-,71-/m1/s1. The van der Waals surface area contributed by atoms with Crippen LogP contribution in [0.1, 0.15) is 388 Å². The molecule has 0 spiro atoms. The number of rotatable bonds is 74. The Hall–Kier alpha value is -1.94. The van der Waals surface area contributed by atoms with Crippen LogP contribution in [0.4, 0.5) is 0 Å². The van der Waals surface area contributed by atoms with Crippen LogP contribution in [-0.2, 0) is 65.4 Å². The molecule has 0 aliphatic heterocycles. The second-order valence-corrected chi connectivity index (χ2v) is 30.7. The molecule has 0 saturated carbocycles. The SMILES string of the molecule is CCCCCCCCCCCCCCCCCC(=O)OC[C@H](COP(=O)(O)OC[C@@H](O)COP(=O)(O)OC[C@@H](COC(=O)CCCCCCCCCC(C)C)OC(=O)CCCCCCCCCCCCC)OC(=O)CCCCCCCCCCCCCCCCC(C)CC. The van der Waals surface area contributed by atoms with Crippen molar-refractivity contribution in [3.63, 3.8) is 0 Å². The largest absolute Gasteiger partial charge is 0.472 e. The van der Waals surface area contributed by atoms with Crippen LogP contribution in [0.2, 0.25) is 0 Å². The van der Waals surface area contributed by atoms with Crippen molar-refractivity contribution in [2.24, 2.45) is 11.8 Å². The van der Waals surface area contributed by atoms with Crippen LogP contribution >= 0.6 is 15.6 Å². The average Bonchev–Trinajstić information content (AvgIpc) is 1.93. The minimum Gasteiger partial charge on any atom is -0.462 e. The second-order valence-electron chi connectivity index (χ2n) is 27.8. The van der Waals surface area contributed by atoms with Crippen molar-refractivity contribution in [2.75, 3.05) is 39.6 Å². The number of unbranched alkanes of at least 4 members (excludes halogenated alkanes) is 43. The lowest BCUT2D eigenvalue weighted by Crippen LogP contribution is -2.30. The summed E-state index contributed by atoms with van der Waals surface area (Å²) in [6, 6.07) is 0. The third kappa shape index (κ3) is 67.3. The normalized spacial score (nSPS) is 14.3. The maximum absolute atomic E-state index is 13.1. The molecule has 6 atom stereocenters. The third-order valence-electron chi connectivity index (χ3n) is 17.8. The van der Waals surface area contributed by atoms with Gasteiger partial charge in [-0.25, -0.2) is 9.13 Å². The number of hydrogen-bond donors (Lipinski definition) is 3. The monoisotopic (exact) mass is 1380 g/mol. The van der Waals surface area contributed by atoms with E-state index in [2.05, 4.69) is 41.5 Å². The maximum atomic E-state index is 13.1. The third-order valence-corrected chi connectivity index (χ3v) is 19.7. The Labute approximate surface area is 575 Å². The Kier molecular flexibility index (Phi) is 65.5. The van der Waals surface area contributed by atoms with Crippen LogP contribution < -0.4 is 0 Å². The molecule has 0 aliphatic rings. The molecule has 3 N–H and O–H groups in total. The predicted molar refractivity (Wildman–Crippen MR) is 381 cm³/mol. The first-order valence-corrected chi connectivity index (χ1v) is 42.0. The first kappa shape index (κ1) is 92.1. The van der Waals surface area contributed by atoms with Crippen LogP contribution in [-0.4, -0.2) is 96.7 Å². The molecule has 17 nitrogen and oxygen atoms in total. The van der Waals surface area contributed by atoms with E-state index in [4.69, 9.17) is 37.0 Å². The molecular formula is C75H146O17P2. The van der Waals surface area contributed by atoms with Gasteiger partial charge in [0.15, 0.2) is 12.2 Å². The fourth-order valence-corrected chi connectivity index (χ4v) is 13.0. The molecule has 0 amide bonds. The Balaban J connectivity index is 5.23. The highest BCUT2D eigenvalue weighted by molar-refractivity contribution is 7.47. The topological polar surface area (TPSA) is 237 Å². The van der Waals surface area contributed by atoms with Gasteiger partial charge in [-0.3, -0.25) is 37.3 Å². The molecule has 0 aliphatic carbocycles. The van der Waals surface area contributed by atoms with E-state index in [1.165, 1.54) is 199 Å². The lowest BCUT2D eigenvalue weighted by atomic mass is 9.99. The quantitative estimate of drug-likeness (QED) is 0.0222. The smallest absolute Gasteiger partial charge is 0.462 e. The molecule has 94 heavy (non-hydrogen) atoms. The summed E-state index contributed by atoms with van der Waals surface area (Å²) >= 11 is 0. The second kappa shape index (κ2) is 66.9. The van der Waals surface area contributed by atoms with Gasteiger partial charge >= 0.3 is 39.5 Å². The number of ether oxygens (including phenoxy) is 4. The van der Waals surface area contributed by atoms with Crippen molar-refractivity contribution in [3.8, 4) is 0 Å². The van der Waals surface area contributed by atoms with Gasteiger partial charge in [0.2, 0.25) is 0 Å². The molecule has 0 aromatic heterocycles. The van der Waals surface area contributed by atoms with Crippen LogP contribution in [0.25, 0.3) is 0 Å². The molecule has 3 unspecified atom stereocenters. The molecule has 0 bridgehead atoms. The zero-order valence-corrected chi connectivity index (χ0v) is 63.1. The Morgan fingerprint density at radius 1 is 0.309 bits per heavy atom. The van der Waals surface area contributed by atoms with Crippen LogP contribution in [0.3, 0.4) is 0 Å². The number of phosphoric acid groups is 2. The highest BCUT2D eigenvalue weighted by Gasteiger charge is 2.30. The van der Waals surface area contributed by atoms with Gasteiger partial charge in [-0.15, -0.1) is 0 Å². The number of aliphatic hydroxyl groups excluding tert-OH is 1. The van der Waals surface area contributed by atoms with E-state index in [1.54, 1.807) is 0 Å². The van der Waals surface area contributed by atoms with Gasteiger partial charge in [0.05, 0.1) is 26.4 Å². The van der Waals surface area contributed by atoms with Gasteiger partial charge in [-0.1, -0.05) is 337 Å². The van der Waals surface area contributed by atoms with E-state index < -0.39 is 97.5 Å². The van der Waals surface area contributed by atoms with Gasteiger partial charge < -0.3 is 33.8 Å². The van der Waals surface area contributed by atoms with Gasteiger partial charge in [0.1, 0.15) is 19.3 Å². The Morgan fingerprint density at radius 2 is 0.543 bits per heavy atom. The number of hydrogen-bond acceptors (Lipinski definition) is 15. The molecule has 0 aromatic rings. The van der Waals surface area contributed by atoms with Crippen molar-refractivity contribution < 1.29 is 80.2 Å². The minimum absolute atomic E-state index is 0.106. The number of aliphatic hydroxyl groups is 1. The van der Waals surface area contributed by atoms with Crippen LogP contribution in [0.5, 0.6) is 0 Å². The van der Waals surface area contributed by atoms with E-state index in [-0.39, 0.29) is 25.7 Å². The summed E-state index contributed by atoms with van der Waals surface area (Å²) in [6.07, 6.45) is 54.0. The van der Waals surface area contributed by atoms with Crippen molar-refractivity contribution in [2.45, 2.75) is 407 Å². The summed E-state index contributed by atoms with van der Waals surface area (Å²) in [7, 11) is -9.91. The molecule has 558 valence electrons. The fraction of sp³-hybridized carbons (Fsp3) is 0.947. The summed E-state index contributed by atoms with van der Waals surface area (Å²) in [5.74, 6) is -0.565. The zero-order valence-electron chi connectivity index (χ0n) is 61.3. The maximum Gasteiger partial charge on any atom is 0.472 e. The fourth-order valence-electron chi connectivity index (χ4n) is 11.4. The Bertz CT molecular complexity index is 1820. The van der Waals surface area contributed by atoms with Gasteiger partial charge in [0, 0.05) is 25.7 Å². The summed E-state index contributed by atoms with van der Waals surface area (Å²) < 4.78 is 68.5. The molecule has 0 aromatic carbocycles. The summed E-state index contributed by atoms with van der Waals surface area (Å²) in [5, 5.41) is 10.6. The highest BCUT2D eigenvalue weighted by Crippen LogP contribution is 2.45. The predicted octanol–water partition coefficient (Wildman–Crippen LogP) is 21.9. The van der Waals surface area contributed by atoms with Gasteiger partial charge in [-0.2, -0.15) is 0 Å². The summed E-state index contributed by atoms with van der Waals surface area (Å²) in [5.41, 5.74) is 0. The molecule has 0 radical (unpaired) electrons. The highest BCUT2D eigenvalue weighted by atomic mass is 31.2. The van der Waals surface area contributed by atoms with E-state index in [9.17, 15) is 43.2 Å². The van der Waals surface area contributed by atoms with Crippen molar-refractivity contribution in [1.82, 2.24) is 0 Å². The van der Waals surface area contributed by atoms with E-state index in [0.717, 1.165) is 102 Å². The van der Waals surface area contributed by atoms with E-state index in [1.807, 2.05) is 0 Å². The summed E-state index contributed by atoms with van der Waals surface area (Å²) in [4.78, 5) is 72.7. The average molecular weight is 1380 g/mol. The van der Waals surface area contributed by atoms with Crippen LogP contribution in [0, 0.1) is 11.8 Å². The van der Waals surface area contributed by atoms with Crippen molar-refractivity contribution in [1.29, 1.82) is 0 Å². The van der Waals surface area contributed by atoms with Crippen molar-refractivity contribution in [3.05, 3.63) is 0 Å². The van der Waals surface area contributed by atoms with E-state index >= 15 is 0 Å². The molecule has 0 fully saturated rings. The van der Waals surface area contributed by atoms with E-state index in [0.29, 0.717) is 31.6 Å². The molecular weight excluding hydrogens is 1230 g/mol. The first-order chi connectivity index (χ1) is 45.4. The number of phosphoric ester groups is 2. The molecule has 0 heterocycles.